The minimum Gasteiger partial charge on any atom is -0.399 e. The van der Waals surface area contributed by atoms with E-state index < -0.39 is 6.10 Å². The Bertz CT molecular complexity index is 420. The van der Waals surface area contributed by atoms with E-state index in [2.05, 4.69) is 0 Å². The summed E-state index contributed by atoms with van der Waals surface area (Å²) in [5.74, 6) is -0.0203. The predicted octanol–water partition coefficient (Wildman–Crippen LogP) is -0.522. The molecule has 0 bridgehead atoms. The molecular weight excluding hydrogens is 206 g/mol. The Morgan fingerprint density at radius 2 is 2.25 bits per heavy atom. The number of nitrogen functional groups attached to an aromatic ring is 1. The Balaban J connectivity index is 2.26. The molecule has 0 aromatic heterocycles. The number of benzene rings is 1. The Morgan fingerprint density at radius 1 is 1.50 bits per heavy atom. The van der Waals surface area contributed by atoms with E-state index in [4.69, 9.17) is 11.5 Å². The molecular formula is C11H15N3O2. The molecule has 0 radical (unpaired) electrons. The number of carbonyl (C=O) groups excluding carboxylic acids is 1. The van der Waals surface area contributed by atoms with Crippen molar-refractivity contribution in [3.63, 3.8) is 0 Å². The number of carbonyl (C=O) groups is 1. The Labute approximate surface area is 93.6 Å². The molecule has 5 heteroatoms. The summed E-state index contributed by atoms with van der Waals surface area (Å²) in [4.78, 5) is 13.3. The molecule has 5 nitrogen and oxygen atoms in total. The molecule has 16 heavy (non-hydrogen) atoms. The number of hydrogen-bond acceptors (Lipinski definition) is 4. The number of β-amino-alcohol motifs (C(OH)–C–C–N with tert-alkyl or cyclic N) is 1. The van der Waals surface area contributed by atoms with Crippen LogP contribution < -0.4 is 16.4 Å². The van der Waals surface area contributed by atoms with Gasteiger partial charge in [0, 0.05) is 17.9 Å². The van der Waals surface area contributed by atoms with Gasteiger partial charge in [-0.15, -0.1) is 0 Å². The maximum atomic E-state index is 11.7. The molecule has 1 aromatic rings. The molecule has 0 saturated heterocycles. The lowest BCUT2D eigenvalue weighted by atomic mass is 10.1. The summed E-state index contributed by atoms with van der Waals surface area (Å²) in [7, 11) is 0. The first-order valence-corrected chi connectivity index (χ1v) is 5.18. The van der Waals surface area contributed by atoms with Crippen molar-refractivity contribution in [1.29, 1.82) is 0 Å². The number of amides is 1. The lowest BCUT2D eigenvalue weighted by molar-refractivity contribution is -0.117. The van der Waals surface area contributed by atoms with E-state index in [1.165, 1.54) is 0 Å². The normalized spacial score (nSPS) is 16.4. The summed E-state index contributed by atoms with van der Waals surface area (Å²) < 4.78 is 0. The van der Waals surface area contributed by atoms with Gasteiger partial charge in [-0.25, -0.2) is 0 Å². The summed E-state index contributed by atoms with van der Waals surface area (Å²) in [6, 6.07) is 5.35. The van der Waals surface area contributed by atoms with E-state index in [0.717, 1.165) is 11.3 Å². The van der Waals surface area contributed by atoms with Crippen LogP contribution in [0.15, 0.2) is 18.2 Å². The zero-order valence-corrected chi connectivity index (χ0v) is 8.89. The van der Waals surface area contributed by atoms with E-state index in [9.17, 15) is 9.90 Å². The molecule has 1 heterocycles. The topological polar surface area (TPSA) is 92.6 Å². The van der Waals surface area contributed by atoms with Crippen molar-refractivity contribution < 1.29 is 9.90 Å². The number of nitrogens with zero attached hydrogens (tertiary/aromatic N) is 1. The maximum Gasteiger partial charge on any atom is 0.231 e. The largest absolute Gasteiger partial charge is 0.399 e. The summed E-state index contributed by atoms with van der Waals surface area (Å²) >= 11 is 0. The number of hydrogen-bond donors (Lipinski definition) is 3. The highest BCUT2D eigenvalue weighted by molar-refractivity contribution is 6.01. The Kier molecular flexibility index (Phi) is 2.80. The molecule has 1 aromatic carbocycles. The smallest absolute Gasteiger partial charge is 0.231 e. The Hall–Kier alpha value is -1.59. The molecule has 1 unspecified atom stereocenters. The van der Waals surface area contributed by atoms with Crippen LogP contribution in [0.25, 0.3) is 0 Å². The average Bonchev–Trinajstić information content (AvgIpc) is 2.54. The van der Waals surface area contributed by atoms with Crippen LogP contribution in [0.5, 0.6) is 0 Å². The van der Waals surface area contributed by atoms with Gasteiger partial charge >= 0.3 is 0 Å². The molecule has 1 aliphatic rings. The van der Waals surface area contributed by atoms with E-state index in [-0.39, 0.29) is 19.0 Å². The molecule has 1 atom stereocenters. The second-order valence-electron chi connectivity index (χ2n) is 3.96. The number of rotatable bonds is 3. The fraction of sp³-hybridized carbons (Fsp3) is 0.364. The molecule has 1 aliphatic heterocycles. The van der Waals surface area contributed by atoms with Gasteiger partial charge in [0.2, 0.25) is 5.91 Å². The van der Waals surface area contributed by atoms with Crippen molar-refractivity contribution in [2.24, 2.45) is 5.73 Å². The van der Waals surface area contributed by atoms with E-state index in [1.54, 1.807) is 23.1 Å². The SMILES string of the molecule is NCC(O)CN1C(=O)Cc2cc(N)ccc21. The summed E-state index contributed by atoms with van der Waals surface area (Å²) in [6.45, 7) is 0.389. The number of nitrogens with two attached hydrogens (primary N) is 2. The molecule has 2 rings (SSSR count). The van der Waals surface area contributed by atoms with Crippen molar-refractivity contribution in [3.8, 4) is 0 Å². The van der Waals surface area contributed by atoms with E-state index in [0.29, 0.717) is 12.1 Å². The van der Waals surface area contributed by atoms with Gasteiger partial charge in [-0.05, 0) is 23.8 Å². The van der Waals surface area contributed by atoms with Gasteiger partial charge in [0.1, 0.15) is 0 Å². The van der Waals surface area contributed by atoms with Crippen LogP contribution in [-0.2, 0) is 11.2 Å². The van der Waals surface area contributed by atoms with Crippen molar-refractivity contribution in [2.45, 2.75) is 12.5 Å². The van der Waals surface area contributed by atoms with Gasteiger partial charge in [-0.3, -0.25) is 4.79 Å². The first-order valence-electron chi connectivity index (χ1n) is 5.18. The van der Waals surface area contributed by atoms with Gasteiger partial charge in [-0.1, -0.05) is 0 Å². The van der Waals surface area contributed by atoms with Crippen LogP contribution in [-0.4, -0.2) is 30.2 Å². The monoisotopic (exact) mass is 221 g/mol. The van der Waals surface area contributed by atoms with Gasteiger partial charge in [0.05, 0.1) is 19.1 Å². The van der Waals surface area contributed by atoms with E-state index >= 15 is 0 Å². The highest BCUT2D eigenvalue weighted by Crippen LogP contribution is 2.30. The number of aliphatic hydroxyl groups is 1. The molecule has 0 spiro atoms. The zero-order chi connectivity index (χ0) is 11.7. The lowest BCUT2D eigenvalue weighted by Crippen LogP contribution is -2.38. The van der Waals surface area contributed by atoms with Crippen LogP contribution >= 0.6 is 0 Å². The summed E-state index contributed by atoms with van der Waals surface area (Å²) in [6.07, 6.45) is -0.343. The van der Waals surface area contributed by atoms with Gasteiger partial charge in [0.15, 0.2) is 0 Å². The first kappa shape index (κ1) is 10.9. The third-order valence-electron chi connectivity index (χ3n) is 2.70. The van der Waals surface area contributed by atoms with Crippen LogP contribution in [0.4, 0.5) is 11.4 Å². The quantitative estimate of drug-likeness (QED) is 0.599. The highest BCUT2D eigenvalue weighted by atomic mass is 16.3. The van der Waals surface area contributed by atoms with Crippen molar-refractivity contribution in [2.75, 3.05) is 23.7 Å². The zero-order valence-electron chi connectivity index (χ0n) is 8.89. The number of fused-ring (bicyclic) bond motifs is 1. The minimum atomic E-state index is -0.688. The molecule has 0 fully saturated rings. The predicted molar refractivity (Wildman–Crippen MR) is 62.0 cm³/mol. The third-order valence-corrected chi connectivity index (χ3v) is 2.70. The highest BCUT2D eigenvalue weighted by Gasteiger charge is 2.28. The average molecular weight is 221 g/mol. The lowest BCUT2D eigenvalue weighted by Gasteiger charge is -2.20. The molecule has 0 aliphatic carbocycles. The van der Waals surface area contributed by atoms with Crippen LogP contribution in [0.1, 0.15) is 5.56 Å². The molecule has 1 amide bonds. The van der Waals surface area contributed by atoms with Gasteiger partial charge in [-0.2, -0.15) is 0 Å². The summed E-state index contributed by atoms with van der Waals surface area (Å²) in [5, 5.41) is 9.47. The van der Waals surface area contributed by atoms with Crippen LogP contribution in [0.3, 0.4) is 0 Å². The second kappa shape index (κ2) is 4.11. The second-order valence-corrected chi connectivity index (χ2v) is 3.96. The van der Waals surface area contributed by atoms with Crippen LogP contribution in [0.2, 0.25) is 0 Å². The van der Waals surface area contributed by atoms with Crippen molar-refractivity contribution in [3.05, 3.63) is 23.8 Å². The molecule has 0 saturated carbocycles. The maximum absolute atomic E-state index is 11.7. The van der Waals surface area contributed by atoms with E-state index in [1.807, 2.05) is 0 Å². The van der Waals surface area contributed by atoms with Crippen molar-refractivity contribution >= 4 is 17.3 Å². The first-order chi connectivity index (χ1) is 7.61. The fourth-order valence-electron chi connectivity index (χ4n) is 1.89. The molecule has 86 valence electrons. The number of aliphatic hydroxyl groups excluding tert-OH is 1. The minimum absolute atomic E-state index is 0.0203. The van der Waals surface area contributed by atoms with Crippen molar-refractivity contribution in [1.82, 2.24) is 0 Å². The third kappa shape index (κ3) is 1.87. The van der Waals surface area contributed by atoms with Gasteiger partial charge in [0.25, 0.3) is 0 Å². The summed E-state index contributed by atoms with van der Waals surface area (Å²) in [5.41, 5.74) is 13.4. The van der Waals surface area contributed by atoms with Gasteiger partial charge < -0.3 is 21.5 Å². The van der Waals surface area contributed by atoms with Crippen LogP contribution in [0, 0.1) is 0 Å². The fourth-order valence-corrected chi connectivity index (χ4v) is 1.89. The standard InChI is InChI=1S/C11H15N3O2/c12-5-9(15)6-14-10-2-1-8(13)3-7(10)4-11(14)16/h1-3,9,15H,4-6,12-13H2. The molecule has 5 N–H and O–H groups in total. The number of anilines is 2. The Morgan fingerprint density at radius 3 is 2.94 bits per heavy atom.